The van der Waals surface area contributed by atoms with Crippen molar-refractivity contribution >= 4 is 33.2 Å². The minimum absolute atomic E-state index is 0.126. The third-order valence-corrected chi connectivity index (χ3v) is 8.28. The molecule has 34 heavy (non-hydrogen) atoms. The van der Waals surface area contributed by atoms with Crippen LogP contribution < -0.4 is 21.3 Å². The molecule has 2 saturated heterocycles. The van der Waals surface area contributed by atoms with Gasteiger partial charge < -0.3 is 26.0 Å². The summed E-state index contributed by atoms with van der Waals surface area (Å²) in [4.78, 5) is 20.5. The number of piperidine rings is 1. The molecule has 3 aromatic heterocycles. The van der Waals surface area contributed by atoms with E-state index in [0.717, 1.165) is 60.6 Å². The number of aromatic nitrogens is 3. The quantitative estimate of drug-likeness (QED) is 0.457. The first-order valence-corrected chi connectivity index (χ1v) is 12.8. The Balaban J connectivity index is 1.61. The maximum atomic E-state index is 5.82. The third-order valence-electron chi connectivity index (χ3n) is 6.95. The summed E-state index contributed by atoms with van der Waals surface area (Å²) in [6, 6.07) is 4.29. The van der Waals surface area contributed by atoms with Crippen LogP contribution >= 0.6 is 11.3 Å². The predicted molar refractivity (Wildman–Crippen MR) is 138 cm³/mol. The van der Waals surface area contributed by atoms with Crippen molar-refractivity contribution in [1.82, 2.24) is 30.5 Å². The third kappa shape index (κ3) is 4.48. The number of pyridine rings is 1. The Morgan fingerprint density at radius 1 is 1.24 bits per heavy atom. The molecule has 10 heteroatoms. The van der Waals surface area contributed by atoms with Crippen LogP contribution in [0.15, 0.2) is 18.3 Å². The first-order chi connectivity index (χ1) is 16.6. The molecule has 0 radical (unpaired) electrons. The van der Waals surface area contributed by atoms with Crippen LogP contribution in [0.3, 0.4) is 0 Å². The van der Waals surface area contributed by atoms with Crippen LogP contribution in [-0.2, 0) is 4.74 Å². The minimum atomic E-state index is 0.126. The molecule has 0 saturated carbocycles. The van der Waals surface area contributed by atoms with E-state index in [1.54, 1.807) is 12.3 Å². The van der Waals surface area contributed by atoms with Gasteiger partial charge in [0.15, 0.2) is 11.6 Å². The Hall–Kier alpha value is -2.37. The van der Waals surface area contributed by atoms with E-state index in [4.69, 9.17) is 20.4 Å². The van der Waals surface area contributed by atoms with Crippen LogP contribution in [-0.4, -0.2) is 79.4 Å². The summed E-state index contributed by atoms with van der Waals surface area (Å²) in [5.41, 5.74) is 8.92. The summed E-state index contributed by atoms with van der Waals surface area (Å²) in [6.45, 7) is 7.39. The molecule has 2 fully saturated rings. The number of nitrogens with zero attached hydrogens (tertiary/aromatic N) is 5. The summed E-state index contributed by atoms with van der Waals surface area (Å²) in [5, 5.41) is 7.06. The number of ether oxygens (including phenoxy) is 1. The zero-order chi connectivity index (χ0) is 23.7. The first-order valence-electron chi connectivity index (χ1n) is 12.0. The van der Waals surface area contributed by atoms with Crippen molar-refractivity contribution in [2.24, 2.45) is 0 Å². The van der Waals surface area contributed by atoms with Crippen molar-refractivity contribution in [2.75, 3.05) is 64.1 Å². The number of rotatable bonds is 6. The molecule has 0 aliphatic carbocycles. The SMILES string of the molecule is CNC(c1sc2c(N3CCOCC3)nc(-c3ccc(N)nc3)nc2c1C)N(C)C1CCNCC1. The van der Waals surface area contributed by atoms with Crippen LogP contribution in [0.1, 0.15) is 29.4 Å². The van der Waals surface area contributed by atoms with E-state index in [1.807, 2.05) is 24.5 Å². The van der Waals surface area contributed by atoms with Crippen molar-refractivity contribution in [3.05, 3.63) is 28.8 Å². The fraction of sp³-hybridized carbons (Fsp3) is 0.542. The van der Waals surface area contributed by atoms with E-state index in [-0.39, 0.29) is 6.17 Å². The predicted octanol–water partition coefficient (Wildman–Crippen LogP) is 2.38. The number of anilines is 2. The van der Waals surface area contributed by atoms with Gasteiger partial charge in [-0.2, -0.15) is 0 Å². The lowest BCUT2D eigenvalue weighted by Gasteiger charge is -2.37. The van der Waals surface area contributed by atoms with Crippen LogP contribution in [0.5, 0.6) is 0 Å². The molecule has 1 unspecified atom stereocenters. The number of morpholine rings is 1. The number of hydrogen-bond donors (Lipinski definition) is 3. The topological polar surface area (TPSA) is 104 Å². The van der Waals surface area contributed by atoms with Crippen molar-refractivity contribution in [2.45, 2.75) is 32.0 Å². The van der Waals surface area contributed by atoms with E-state index in [2.05, 4.69) is 39.4 Å². The second-order valence-electron chi connectivity index (χ2n) is 9.05. The first kappa shape index (κ1) is 23.4. The zero-order valence-corrected chi connectivity index (χ0v) is 21.0. The number of thiophene rings is 1. The molecule has 2 aliphatic rings. The highest BCUT2D eigenvalue weighted by atomic mass is 32.1. The summed E-state index contributed by atoms with van der Waals surface area (Å²) < 4.78 is 6.76. The minimum Gasteiger partial charge on any atom is -0.384 e. The van der Waals surface area contributed by atoms with Gasteiger partial charge in [-0.3, -0.25) is 4.90 Å². The molecule has 1 atom stereocenters. The van der Waals surface area contributed by atoms with Gasteiger partial charge in [0.2, 0.25) is 0 Å². The Morgan fingerprint density at radius 3 is 2.68 bits per heavy atom. The largest absolute Gasteiger partial charge is 0.384 e. The van der Waals surface area contributed by atoms with Crippen LogP contribution in [0.4, 0.5) is 11.6 Å². The van der Waals surface area contributed by atoms with E-state index in [1.165, 1.54) is 10.4 Å². The molecule has 0 aromatic carbocycles. The second kappa shape index (κ2) is 10.1. The van der Waals surface area contributed by atoms with Crippen molar-refractivity contribution in [3.63, 3.8) is 0 Å². The smallest absolute Gasteiger partial charge is 0.163 e. The van der Waals surface area contributed by atoms with Gasteiger partial charge >= 0.3 is 0 Å². The number of aryl methyl sites for hydroxylation is 1. The van der Waals surface area contributed by atoms with Gasteiger partial charge in [-0.05, 0) is 64.6 Å². The lowest BCUT2D eigenvalue weighted by molar-refractivity contribution is 0.122. The maximum absolute atomic E-state index is 5.82. The van der Waals surface area contributed by atoms with Gasteiger partial charge in [0.1, 0.15) is 5.82 Å². The van der Waals surface area contributed by atoms with Gasteiger partial charge in [-0.25, -0.2) is 15.0 Å². The molecule has 4 N–H and O–H groups in total. The number of nitrogens with two attached hydrogens (primary N) is 1. The molecule has 9 nitrogen and oxygen atoms in total. The van der Waals surface area contributed by atoms with Gasteiger partial charge in [-0.15, -0.1) is 11.3 Å². The van der Waals surface area contributed by atoms with Crippen LogP contribution in [0, 0.1) is 6.92 Å². The molecule has 3 aromatic rings. The molecule has 2 aliphatic heterocycles. The van der Waals surface area contributed by atoms with E-state index >= 15 is 0 Å². The zero-order valence-electron chi connectivity index (χ0n) is 20.2. The lowest BCUT2D eigenvalue weighted by atomic mass is 10.0. The fourth-order valence-corrected chi connectivity index (χ4v) is 6.38. The summed E-state index contributed by atoms with van der Waals surface area (Å²) in [5.74, 6) is 2.16. The highest BCUT2D eigenvalue weighted by Gasteiger charge is 2.30. The normalized spacial score (nSPS) is 18.6. The number of fused-ring (bicyclic) bond motifs is 1. The molecule has 0 bridgehead atoms. The van der Waals surface area contributed by atoms with E-state index in [9.17, 15) is 0 Å². The van der Waals surface area contributed by atoms with Crippen LogP contribution in [0.2, 0.25) is 0 Å². The molecule has 0 amide bonds. The van der Waals surface area contributed by atoms with Crippen molar-refractivity contribution < 1.29 is 4.74 Å². The van der Waals surface area contributed by atoms with E-state index < -0.39 is 0 Å². The summed E-state index contributed by atoms with van der Waals surface area (Å²) in [7, 11) is 4.28. The Kier molecular flexibility index (Phi) is 6.94. The monoisotopic (exact) mass is 482 g/mol. The van der Waals surface area contributed by atoms with Crippen molar-refractivity contribution in [3.8, 4) is 11.4 Å². The number of nitrogen functional groups attached to an aromatic ring is 1. The molecule has 5 rings (SSSR count). The molecular formula is C24H34N8OS. The molecule has 0 spiro atoms. The standard InChI is InChI=1S/C24H34N8OS/c1-15-19-21(34-20(15)23(26-2)31(3)17-6-8-27-9-7-17)24(32-10-12-33-13-11-32)30-22(29-19)16-4-5-18(25)28-14-16/h4-5,14,17,23,26-27H,6-13H2,1-3H3,(H2,25,28). The number of nitrogens with one attached hydrogen (secondary N) is 2. The lowest BCUT2D eigenvalue weighted by Crippen LogP contribution is -2.45. The average molecular weight is 483 g/mol. The Morgan fingerprint density at radius 2 is 2.00 bits per heavy atom. The fourth-order valence-electron chi connectivity index (χ4n) is 4.95. The highest BCUT2D eigenvalue weighted by Crippen LogP contribution is 2.41. The Labute approximate surface area is 204 Å². The number of hydrogen-bond acceptors (Lipinski definition) is 10. The van der Waals surface area contributed by atoms with Crippen LogP contribution in [0.25, 0.3) is 21.6 Å². The summed E-state index contributed by atoms with van der Waals surface area (Å²) in [6.07, 6.45) is 4.20. The summed E-state index contributed by atoms with van der Waals surface area (Å²) >= 11 is 1.81. The van der Waals surface area contributed by atoms with Gasteiger partial charge in [0.25, 0.3) is 0 Å². The van der Waals surface area contributed by atoms with Gasteiger partial charge in [-0.1, -0.05) is 0 Å². The Bertz CT molecular complexity index is 1120. The van der Waals surface area contributed by atoms with Gasteiger partial charge in [0, 0.05) is 35.8 Å². The van der Waals surface area contributed by atoms with Crippen molar-refractivity contribution in [1.29, 1.82) is 0 Å². The molecular weight excluding hydrogens is 448 g/mol. The molecule has 5 heterocycles. The van der Waals surface area contributed by atoms with Gasteiger partial charge in [0.05, 0.1) is 29.6 Å². The highest BCUT2D eigenvalue weighted by molar-refractivity contribution is 7.19. The average Bonchev–Trinajstić information content (AvgIpc) is 3.21. The maximum Gasteiger partial charge on any atom is 0.163 e. The van der Waals surface area contributed by atoms with E-state index in [0.29, 0.717) is 30.9 Å². The molecule has 182 valence electrons. The second-order valence-corrected chi connectivity index (χ2v) is 10.1.